The monoisotopic (exact) mass is 293 g/mol. The van der Waals surface area contributed by atoms with Gasteiger partial charge in [-0.25, -0.2) is 4.39 Å². The van der Waals surface area contributed by atoms with E-state index in [1.807, 2.05) is 0 Å². The third kappa shape index (κ3) is 1.74. The van der Waals surface area contributed by atoms with E-state index in [0.29, 0.717) is 25.9 Å². The van der Waals surface area contributed by atoms with E-state index in [9.17, 15) is 14.0 Å². The van der Waals surface area contributed by atoms with Crippen LogP contribution in [0, 0.1) is 5.82 Å². The maximum Gasteiger partial charge on any atom is 0.266 e. The molecule has 1 saturated heterocycles. The number of likely N-dealkylation sites (N-methyl/N-ethyl adjacent to an activating group) is 1. The van der Waals surface area contributed by atoms with Crippen LogP contribution in [0.15, 0.2) is 23.1 Å². The number of hydrogen-bond acceptors (Lipinski definition) is 4. The standard InChI is InChI=1S/C13H8FNO2S2/c1-15-12(17)11(19-13(15)18)10-6-3-2-4-8(14)7(6)5-9(10)16/h2-4H,5H2,1H3/b11-10-. The molecule has 0 aromatic heterocycles. The number of carbonyl (C=O) groups excluding carboxylic acids is 2. The molecule has 6 heteroatoms. The summed E-state index contributed by atoms with van der Waals surface area (Å²) in [5.74, 6) is -0.933. The first-order valence-corrected chi connectivity index (χ1v) is 6.78. The zero-order valence-corrected chi connectivity index (χ0v) is 11.5. The lowest BCUT2D eigenvalue weighted by Gasteiger charge is -2.05. The van der Waals surface area contributed by atoms with E-state index in [0.717, 1.165) is 11.8 Å². The lowest BCUT2D eigenvalue weighted by molar-refractivity contribution is -0.121. The molecule has 1 amide bonds. The van der Waals surface area contributed by atoms with E-state index in [1.165, 1.54) is 11.0 Å². The van der Waals surface area contributed by atoms with Gasteiger partial charge in [0.05, 0.1) is 4.91 Å². The first-order valence-electron chi connectivity index (χ1n) is 5.56. The Bertz CT molecular complexity index is 681. The van der Waals surface area contributed by atoms with E-state index < -0.39 is 5.82 Å². The molecule has 96 valence electrons. The fourth-order valence-electron chi connectivity index (χ4n) is 2.21. The first kappa shape index (κ1) is 12.5. The predicted octanol–water partition coefficient (Wildman–Crippen LogP) is 2.15. The van der Waals surface area contributed by atoms with E-state index in [4.69, 9.17) is 12.2 Å². The Hall–Kier alpha value is -1.53. The molecule has 1 fully saturated rings. The number of ketones is 1. The number of thioether (sulfide) groups is 1. The lowest BCUT2D eigenvalue weighted by atomic mass is 10.1. The number of Topliss-reactive ketones (excluding diaryl/α,β-unsaturated/α-hetero) is 1. The number of nitrogens with zero attached hydrogens (tertiary/aromatic N) is 1. The Morgan fingerprint density at radius 1 is 1.37 bits per heavy atom. The summed E-state index contributed by atoms with van der Waals surface area (Å²) in [5.41, 5.74) is 1.18. The van der Waals surface area contributed by atoms with Crippen molar-refractivity contribution in [3.63, 3.8) is 0 Å². The summed E-state index contributed by atoms with van der Waals surface area (Å²) in [5, 5.41) is 0. The molecule has 19 heavy (non-hydrogen) atoms. The molecule has 1 aromatic rings. The second kappa shape index (κ2) is 4.25. The van der Waals surface area contributed by atoms with Crippen LogP contribution < -0.4 is 0 Å². The van der Waals surface area contributed by atoms with Crippen LogP contribution >= 0.6 is 24.0 Å². The average Bonchev–Trinajstić information content (AvgIpc) is 2.83. The van der Waals surface area contributed by atoms with E-state index in [1.54, 1.807) is 19.2 Å². The van der Waals surface area contributed by atoms with Crippen molar-refractivity contribution in [3.05, 3.63) is 40.0 Å². The van der Waals surface area contributed by atoms with Crippen molar-refractivity contribution in [2.75, 3.05) is 7.05 Å². The number of halogens is 1. The molecule has 0 saturated carbocycles. The molecule has 1 heterocycles. The summed E-state index contributed by atoms with van der Waals surface area (Å²) in [7, 11) is 1.57. The van der Waals surface area contributed by atoms with Crippen molar-refractivity contribution >= 4 is 45.6 Å². The molecule has 3 nitrogen and oxygen atoms in total. The number of rotatable bonds is 0. The summed E-state index contributed by atoms with van der Waals surface area (Å²) in [6.07, 6.45) is 0.00512. The predicted molar refractivity (Wildman–Crippen MR) is 75.0 cm³/mol. The fraction of sp³-hybridized carbons (Fsp3) is 0.154. The summed E-state index contributed by atoms with van der Waals surface area (Å²) in [4.78, 5) is 25.8. The van der Waals surface area contributed by atoms with Gasteiger partial charge in [0, 0.05) is 24.6 Å². The SMILES string of the molecule is CN1C(=O)/C(=C2/C(=O)Cc3c(F)cccc32)SC1=S. The van der Waals surface area contributed by atoms with E-state index >= 15 is 0 Å². The zero-order valence-electron chi connectivity index (χ0n) is 9.90. The molecule has 1 aliphatic heterocycles. The van der Waals surface area contributed by atoms with Crippen LogP contribution in [0.4, 0.5) is 4.39 Å². The Kier molecular flexibility index (Phi) is 2.79. The van der Waals surface area contributed by atoms with Crippen molar-refractivity contribution in [3.8, 4) is 0 Å². The second-order valence-electron chi connectivity index (χ2n) is 4.30. The van der Waals surface area contributed by atoms with Gasteiger partial charge in [-0.05, 0) is 11.6 Å². The fourth-order valence-corrected chi connectivity index (χ4v) is 3.49. The Balaban J connectivity index is 2.23. The number of hydrogen-bond donors (Lipinski definition) is 0. The van der Waals surface area contributed by atoms with Gasteiger partial charge in [-0.15, -0.1) is 0 Å². The van der Waals surface area contributed by atoms with Crippen LogP contribution in [0.2, 0.25) is 0 Å². The van der Waals surface area contributed by atoms with Crippen molar-refractivity contribution in [1.29, 1.82) is 0 Å². The minimum Gasteiger partial charge on any atom is -0.296 e. The molecule has 0 radical (unpaired) electrons. The number of allylic oxidation sites excluding steroid dienone is 1. The molecule has 1 aromatic carbocycles. The maximum absolute atomic E-state index is 13.7. The molecule has 2 aliphatic rings. The normalized spacial score (nSPS) is 22.4. The highest BCUT2D eigenvalue weighted by Gasteiger charge is 2.38. The number of amides is 1. The molecule has 3 rings (SSSR count). The summed E-state index contributed by atoms with van der Waals surface area (Å²) >= 11 is 6.14. The Morgan fingerprint density at radius 3 is 2.74 bits per heavy atom. The van der Waals surface area contributed by atoms with Crippen LogP contribution in [0.5, 0.6) is 0 Å². The Morgan fingerprint density at radius 2 is 2.11 bits per heavy atom. The van der Waals surface area contributed by atoms with Gasteiger partial charge in [0.25, 0.3) is 5.91 Å². The lowest BCUT2D eigenvalue weighted by Crippen LogP contribution is -2.22. The van der Waals surface area contributed by atoms with Gasteiger partial charge in [-0.1, -0.05) is 36.1 Å². The molecule has 0 atom stereocenters. The molecular weight excluding hydrogens is 285 g/mol. The van der Waals surface area contributed by atoms with Gasteiger partial charge in [0.1, 0.15) is 10.1 Å². The number of benzene rings is 1. The highest BCUT2D eigenvalue weighted by molar-refractivity contribution is 8.26. The second-order valence-corrected chi connectivity index (χ2v) is 5.95. The number of carbonyl (C=O) groups is 2. The van der Waals surface area contributed by atoms with Crippen LogP contribution in [-0.4, -0.2) is 28.0 Å². The Labute approximate surface area is 118 Å². The highest BCUT2D eigenvalue weighted by atomic mass is 32.2. The van der Waals surface area contributed by atoms with Crippen LogP contribution in [-0.2, 0) is 16.0 Å². The smallest absolute Gasteiger partial charge is 0.266 e. The van der Waals surface area contributed by atoms with Crippen molar-refractivity contribution in [2.45, 2.75) is 6.42 Å². The maximum atomic E-state index is 13.7. The molecule has 0 unspecified atom stereocenters. The van der Waals surface area contributed by atoms with Crippen LogP contribution in [0.3, 0.4) is 0 Å². The van der Waals surface area contributed by atoms with Crippen molar-refractivity contribution in [2.24, 2.45) is 0 Å². The quantitative estimate of drug-likeness (QED) is 0.542. The molecular formula is C13H8FNO2S2. The number of thiocarbonyl (C=S) groups is 1. The molecule has 0 spiro atoms. The topological polar surface area (TPSA) is 37.4 Å². The molecule has 0 bridgehead atoms. The van der Waals surface area contributed by atoms with Crippen LogP contribution in [0.25, 0.3) is 5.57 Å². The van der Waals surface area contributed by atoms with E-state index in [-0.39, 0.29) is 18.1 Å². The largest absolute Gasteiger partial charge is 0.296 e. The van der Waals surface area contributed by atoms with Crippen molar-refractivity contribution in [1.82, 2.24) is 4.90 Å². The summed E-state index contributed by atoms with van der Waals surface area (Å²) < 4.78 is 14.1. The third-order valence-corrected chi connectivity index (χ3v) is 4.75. The van der Waals surface area contributed by atoms with Gasteiger partial charge >= 0.3 is 0 Å². The zero-order chi connectivity index (χ0) is 13.7. The summed E-state index contributed by atoms with van der Waals surface area (Å²) in [6.45, 7) is 0. The van der Waals surface area contributed by atoms with Gasteiger partial charge in [-0.3, -0.25) is 14.5 Å². The van der Waals surface area contributed by atoms with Gasteiger partial charge < -0.3 is 0 Å². The van der Waals surface area contributed by atoms with E-state index in [2.05, 4.69) is 0 Å². The summed E-state index contributed by atoms with van der Waals surface area (Å²) in [6, 6.07) is 4.53. The third-order valence-electron chi connectivity index (χ3n) is 3.19. The van der Waals surface area contributed by atoms with Gasteiger partial charge in [0.15, 0.2) is 5.78 Å². The van der Waals surface area contributed by atoms with Crippen molar-refractivity contribution < 1.29 is 14.0 Å². The van der Waals surface area contributed by atoms with Gasteiger partial charge in [0.2, 0.25) is 0 Å². The highest BCUT2D eigenvalue weighted by Crippen LogP contribution is 2.41. The first-order chi connectivity index (χ1) is 9.00. The molecule has 0 N–H and O–H groups in total. The number of fused-ring (bicyclic) bond motifs is 1. The average molecular weight is 293 g/mol. The molecule has 1 aliphatic carbocycles. The van der Waals surface area contributed by atoms with Gasteiger partial charge in [-0.2, -0.15) is 0 Å². The minimum atomic E-state index is -0.409. The minimum absolute atomic E-state index is 0.00512. The van der Waals surface area contributed by atoms with Crippen LogP contribution in [0.1, 0.15) is 11.1 Å².